The van der Waals surface area contributed by atoms with Crippen LogP contribution in [-0.4, -0.2) is 8.32 Å². The Hall–Kier alpha value is -3.30. The van der Waals surface area contributed by atoms with E-state index in [0.717, 1.165) is 24.3 Å². The van der Waals surface area contributed by atoms with Crippen molar-refractivity contribution in [3.05, 3.63) is 119 Å². The molecule has 0 radical (unpaired) electrons. The Morgan fingerprint density at radius 1 is 0.857 bits per heavy atom. The molecule has 0 saturated carbocycles. The zero-order valence-corrected chi connectivity index (χ0v) is 27.7. The maximum Gasteiger partial charge on any atom is 0.252 e. The van der Waals surface area contributed by atoms with E-state index in [1.54, 1.807) is 0 Å². The van der Waals surface area contributed by atoms with Gasteiger partial charge in [-0.15, -0.1) is 0 Å². The fourth-order valence-corrected chi connectivity index (χ4v) is 10.4. The third kappa shape index (κ3) is 6.52. The van der Waals surface area contributed by atoms with Crippen LogP contribution in [0.1, 0.15) is 87.7 Å². The number of nitrogens with one attached hydrogen (secondary N) is 1. The lowest BCUT2D eigenvalue weighted by atomic mass is 9.86. The molecule has 3 heteroatoms. The smallest absolute Gasteiger partial charge is 0.252 e. The number of unbranched alkanes of at least 4 members (excludes halogenated alkanes) is 1. The van der Waals surface area contributed by atoms with Crippen LogP contribution in [0.25, 0.3) is 11.1 Å². The van der Waals surface area contributed by atoms with Gasteiger partial charge in [0.25, 0.3) is 8.32 Å². The fraction of sp³-hybridized carbons (Fsp3) is 0.385. The van der Waals surface area contributed by atoms with Crippen molar-refractivity contribution in [2.45, 2.75) is 90.4 Å². The topological polar surface area (TPSA) is 21.3 Å². The van der Waals surface area contributed by atoms with Gasteiger partial charge in [-0.05, 0) is 83.3 Å². The summed E-state index contributed by atoms with van der Waals surface area (Å²) in [4.78, 5) is 0. The van der Waals surface area contributed by atoms with Crippen LogP contribution in [0.3, 0.4) is 0 Å². The van der Waals surface area contributed by atoms with Crippen LogP contribution in [0.4, 0.5) is 5.69 Å². The van der Waals surface area contributed by atoms with Crippen LogP contribution in [0, 0.1) is 5.92 Å². The molecule has 0 saturated heterocycles. The second-order valence-electron chi connectivity index (χ2n) is 13.8. The molecule has 0 amide bonds. The highest BCUT2D eigenvalue weighted by Crippen LogP contribution is 2.48. The van der Waals surface area contributed by atoms with E-state index >= 15 is 0 Å². The summed E-state index contributed by atoms with van der Waals surface area (Å²) in [6.07, 6.45) is 4.53. The normalized spacial score (nSPS) is 17.5. The molecule has 0 aromatic heterocycles. The van der Waals surface area contributed by atoms with Gasteiger partial charge in [0, 0.05) is 16.8 Å². The lowest BCUT2D eigenvalue weighted by Gasteiger charge is -2.35. The first-order chi connectivity index (χ1) is 20.1. The van der Waals surface area contributed by atoms with Gasteiger partial charge in [-0.2, -0.15) is 0 Å². The Morgan fingerprint density at radius 3 is 2.24 bits per heavy atom. The largest absolute Gasteiger partial charge is 0.543 e. The molecule has 4 aromatic carbocycles. The van der Waals surface area contributed by atoms with Crippen molar-refractivity contribution in [3.8, 4) is 16.9 Å². The van der Waals surface area contributed by atoms with Gasteiger partial charge in [-0.3, -0.25) is 0 Å². The maximum atomic E-state index is 7.24. The van der Waals surface area contributed by atoms with Crippen molar-refractivity contribution >= 4 is 14.0 Å². The molecule has 0 aliphatic heterocycles. The average molecular weight is 576 g/mol. The SMILES string of the molecule is CCCCC(Nc1ccccc1)c1ccccc1O[Si](C)(C)C1c2cccc(-c3ccc(C(C)(C)C)cc3)c2CC1C. The molecule has 0 fully saturated rings. The Bertz CT molecular complexity index is 1470. The van der Waals surface area contributed by atoms with E-state index in [-0.39, 0.29) is 11.5 Å². The minimum Gasteiger partial charge on any atom is -0.543 e. The standard InChI is InChI=1S/C39H49NOSi/c1-8-9-21-36(40-31-16-11-10-12-17-31)34-18-13-14-22-37(34)41-42(6,7)38-28(2)27-35-32(19-15-20-33(35)38)29-23-25-30(26-24-29)39(3,4)5/h10-20,22-26,28,36,38,40H,8-9,21,27H2,1-7H3. The van der Waals surface area contributed by atoms with Gasteiger partial charge in [0.1, 0.15) is 5.75 Å². The molecule has 5 rings (SSSR count). The molecule has 1 aliphatic carbocycles. The van der Waals surface area contributed by atoms with E-state index in [4.69, 9.17) is 4.43 Å². The molecular formula is C39H49NOSi. The molecule has 1 N–H and O–H groups in total. The van der Waals surface area contributed by atoms with Crippen molar-refractivity contribution in [3.63, 3.8) is 0 Å². The minimum atomic E-state index is -2.21. The third-order valence-electron chi connectivity index (χ3n) is 9.08. The zero-order chi connectivity index (χ0) is 29.9. The van der Waals surface area contributed by atoms with Crippen LogP contribution in [0.15, 0.2) is 97.1 Å². The molecule has 0 heterocycles. The monoisotopic (exact) mass is 575 g/mol. The molecule has 2 nitrogen and oxygen atoms in total. The lowest BCUT2D eigenvalue weighted by Crippen LogP contribution is -2.44. The van der Waals surface area contributed by atoms with E-state index in [2.05, 4.69) is 150 Å². The van der Waals surface area contributed by atoms with E-state index in [1.165, 1.54) is 46.2 Å². The number of rotatable bonds is 10. The van der Waals surface area contributed by atoms with E-state index < -0.39 is 8.32 Å². The lowest BCUT2D eigenvalue weighted by molar-refractivity contribution is 0.475. The van der Waals surface area contributed by atoms with Gasteiger partial charge in [0.15, 0.2) is 0 Å². The summed E-state index contributed by atoms with van der Waals surface area (Å²) in [7, 11) is -2.21. The number of fused-ring (bicyclic) bond motifs is 1. The van der Waals surface area contributed by atoms with Crippen LogP contribution < -0.4 is 9.74 Å². The summed E-state index contributed by atoms with van der Waals surface area (Å²) in [5.74, 6) is 1.59. The highest BCUT2D eigenvalue weighted by Gasteiger charge is 2.45. The molecule has 1 aliphatic rings. The first-order valence-corrected chi connectivity index (χ1v) is 18.9. The molecule has 4 aromatic rings. The molecule has 3 unspecified atom stereocenters. The Kier molecular flexibility index (Phi) is 8.99. The van der Waals surface area contributed by atoms with Gasteiger partial charge < -0.3 is 9.74 Å². The second kappa shape index (κ2) is 12.5. The Labute approximate surface area is 255 Å². The van der Waals surface area contributed by atoms with Gasteiger partial charge in [-0.1, -0.05) is 126 Å². The molecule has 3 atom stereocenters. The summed E-state index contributed by atoms with van der Waals surface area (Å²) in [5.41, 5.74) is 10.1. The predicted octanol–water partition coefficient (Wildman–Crippen LogP) is 11.1. The summed E-state index contributed by atoms with van der Waals surface area (Å²) in [6, 6.07) is 35.8. The maximum absolute atomic E-state index is 7.24. The second-order valence-corrected chi connectivity index (χ2v) is 17.8. The van der Waals surface area contributed by atoms with Crippen LogP contribution in [-0.2, 0) is 11.8 Å². The number of hydrogen-bond acceptors (Lipinski definition) is 2. The van der Waals surface area contributed by atoms with Gasteiger partial charge >= 0.3 is 0 Å². The number of para-hydroxylation sites is 2. The molecule has 220 valence electrons. The van der Waals surface area contributed by atoms with Gasteiger partial charge in [0.05, 0.1) is 6.04 Å². The zero-order valence-electron chi connectivity index (χ0n) is 26.7. The number of hydrogen-bond donors (Lipinski definition) is 1. The highest BCUT2D eigenvalue weighted by atomic mass is 28.4. The van der Waals surface area contributed by atoms with Crippen molar-refractivity contribution < 1.29 is 4.43 Å². The van der Waals surface area contributed by atoms with Crippen molar-refractivity contribution in [1.82, 2.24) is 0 Å². The van der Waals surface area contributed by atoms with Crippen molar-refractivity contribution in [1.29, 1.82) is 0 Å². The van der Waals surface area contributed by atoms with Crippen LogP contribution >= 0.6 is 0 Å². The van der Waals surface area contributed by atoms with Gasteiger partial charge in [-0.25, -0.2) is 0 Å². The predicted molar refractivity (Wildman–Crippen MR) is 183 cm³/mol. The Morgan fingerprint density at radius 2 is 1.55 bits per heavy atom. The van der Waals surface area contributed by atoms with E-state index in [1.807, 2.05) is 0 Å². The summed E-state index contributed by atoms with van der Waals surface area (Å²) < 4.78 is 7.24. The Balaban J connectivity index is 1.45. The average Bonchev–Trinajstić information content (AvgIpc) is 3.32. The van der Waals surface area contributed by atoms with Gasteiger partial charge in [0.2, 0.25) is 0 Å². The quantitative estimate of drug-likeness (QED) is 0.190. The summed E-state index contributed by atoms with van der Waals surface area (Å²) >= 11 is 0. The summed E-state index contributed by atoms with van der Waals surface area (Å²) in [6.45, 7) is 16.4. The fourth-order valence-electron chi connectivity index (χ4n) is 7.01. The number of benzene rings is 4. The highest BCUT2D eigenvalue weighted by molar-refractivity contribution is 6.73. The van der Waals surface area contributed by atoms with Crippen molar-refractivity contribution in [2.24, 2.45) is 5.92 Å². The minimum absolute atomic E-state index is 0.159. The van der Waals surface area contributed by atoms with E-state index in [0.29, 0.717) is 11.5 Å². The van der Waals surface area contributed by atoms with Crippen LogP contribution in [0.5, 0.6) is 5.75 Å². The number of anilines is 1. The van der Waals surface area contributed by atoms with Crippen molar-refractivity contribution in [2.75, 3.05) is 5.32 Å². The first kappa shape index (κ1) is 30.2. The van der Waals surface area contributed by atoms with E-state index in [9.17, 15) is 0 Å². The molecule has 42 heavy (non-hydrogen) atoms. The van der Waals surface area contributed by atoms with Crippen LogP contribution in [0.2, 0.25) is 13.1 Å². The first-order valence-electron chi connectivity index (χ1n) is 15.9. The summed E-state index contributed by atoms with van der Waals surface area (Å²) in [5, 5.41) is 3.82. The molecule has 0 bridgehead atoms. The third-order valence-corrected chi connectivity index (χ3v) is 12.2. The molecule has 0 spiro atoms. The molecular weight excluding hydrogens is 527 g/mol.